The number of rotatable bonds is 5. The predicted octanol–water partition coefficient (Wildman–Crippen LogP) is 5.42. The Hall–Kier alpha value is -3.08. The molecule has 182 valence electrons. The summed E-state index contributed by atoms with van der Waals surface area (Å²) in [5, 5.41) is 2.48. The van der Waals surface area contributed by atoms with Gasteiger partial charge in [0.25, 0.3) is 0 Å². The van der Waals surface area contributed by atoms with Crippen molar-refractivity contribution in [3.05, 3.63) is 59.9 Å². The summed E-state index contributed by atoms with van der Waals surface area (Å²) >= 11 is 0. The second-order valence-corrected chi connectivity index (χ2v) is 8.38. The normalized spacial score (nSPS) is 16.2. The Morgan fingerprint density at radius 2 is 1.68 bits per heavy atom. The lowest BCUT2D eigenvalue weighted by molar-refractivity contribution is -0.147. The Balaban J connectivity index is 1.34. The monoisotopic (exact) mass is 484 g/mol. The molecular weight excluding hydrogens is 462 g/mol. The minimum atomic E-state index is -4.57. The van der Waals surface area contributed by atoms with Crippen molar-refractivity contribution in [3.63, 3.8) is 0 Å². The molecule has 1 N–H and O–H groups in total. The number of piperidine rings is 1. The van der Waals surface area contributed by atoms with Crippen LogP contribution in [0.2, 0.25) is 0 Å². The lowest BCUT2D eigenvalue weighted by atomic mass is 9.96. The van der Waals surface area contributed by atoms with Crippen molar-refractivity contribution >= 4 is 22.6 Å². The molecule has 1 aliphatic heterocycles. The summed E-state index contributed by atoms with van der Waals surface area (Å²) in [4.78, 5) is 17.9. The number of aromatic nitrogens is 2. The van der Waals surface area contributed by atoms with Crippen molar-refractivity contribution in [1.29, 1.82) is 0 Å². The number of benzene rings is 2. The Morgan fingerprint density at radius 3 is 2.35 bits per heavy atom. The maximum absolute atomic E-state index is 13.5. The van der Waals surface area contributed by atoms with Crippen molar-refractivity contribution in [2.45, 2.75) is 31.7 Å². The standard InChI is InChI=1S/C23H22F6N4O/c24-22(25,26)16-4-3-5-17(12-16)30-20(34)14-32-10-8-15(9-11-32)13-33-19-7-2-1-6-18(19)31-21(33)23(27,28)29/h1-7,12,15H,8-11,13-14H2,(H,30,34). The number of anilines is 1. The number of nitrogens with one attached hydrogen (secondary N) is 1. The van der Waals surface area contributed by atoms with Gasteiger partial charge in [-0.2, -0.15) is 26.3 Å². The first-order valence-electron chi connectivity index (χ1n) is 10.7. The molecule has 1 aliphatic rings. The van der Waals surface area contributed by atoms with Crippen LogP contribution >= 0.6 is 0 Å². The van der Waals surface area contributed by atoms with E-state index in [2.05, 4.69) is 10.3 Å². The predicted molar refractivity (Wildman–Crippen MR) is 114 cm³/mol. The average Bonchev–Trinajstić information content (AvgIpc) is 3.14. The van der Waals surface area contributed by atoms with Gasteiger partial charge in [0.2, 0.25) is 11.7 Å². The van der Waals surface area contributed by atoms with Crippen LogP contribution in [0.3, 0.4) is 0 Å². The molecule has 4 rings (SSSR count). The molecule has 0 saturated carbocycles. The summed E-state index contributed by atoms with van der Waals surface area (Å²) in [5.74, 6) is -1.39. The molecule has 0 unspecified atom stereocenters. The van der Waals surface area contributed by atoms with Crippen LogP contribution in [-0.2, 0) is 23.7 Å². The van der Waals surface area contributed by atoms with Crippen LogP contribution in [0, 0.1) is 5.92 Å². The molecule has 1 fully saturated rings. The first-order valence-corrected chi connectivity index (χ1v) is 10.7. The number of likely N-dealkylation sites (tertiary alicyclic amines) is 1. The summed E-state index contributed by atoms with van der Waals surface area (Å²) in [7, 11) is 0. The Morgan fingerprint density at radius 1 is 0.971 bits per heavy atom. The quantitative estimate of drug-likeness (QED) is 0.492. The van der Waals surface area contributed by atoms with Gasteiger partial charge in [0.05, 0.1) is 23.1 Å². The molecule has 1 aromatic heterocycles. The topological polar surface area (TPSA) is 50.2 Å². The summed E-state index contributed by atoms with van der Waals surface area (Å²) in [5.41, 5.74) is -0.0750. The number of carbonyl (C=O) groups excluding carboxylic acids is 1. The van der Waals surface area contributed by atoms with E-state index < -0.39 is 29.6 Å². The van der Waals surface area contributed by atoms with Crippen molar-refractivity contribution in [2.75, 3.05) is 25.0 Å². The van der Waals surface area contributed by atoms with Gasteiger partial charge in [-0.25, -0.2) is 4.98 Å². The maximum Gasteiger partial charge on any atom is 0.449 e. The lowest BCUT2D eigenvalue weighted by Crippen LogP contribution is -2.40. The summed E-state index contributed by atoms with van der Waals surface area (Å²) in [6.07, 6.45) is -7.91. The molecular formula is C23H22F6N4O. The highest BCUT2D eigenvalue weighted by atomic mass is 19.4. The highest BCUT2D eigenvalue weighted by Gasteiger charge is 2.38. The van der Waals surface area contributed by atoms with Crippen LogP contribution < -0.4 is 5.32 Å². The molecule has 0 aliphatic carbocycles. The van der Waals surface area contributed by atoms with Crippen LogP contribution in [-0.4, -0.2) is 40.0 Å². The molecule has 0 bridgehead atoms. The van der Waals surface area contributed by atoms with Crippen molar-refractivity contribution in [1.82, 2.24) is 14.5 Å². The lowest BCUT2D eigenvalue weighted by Gasteiger charge is -2.32. The zero-order valence-corrected chi connectivity index (χ0v) is 18.0. The molecule has 0 atom stereocenters. The second-order valence-electron chi connectivity index (χ2n) is 8.38. The van der Waals surface area contributed by atoms with Gasteiger partial charge in [-0.1, -0.05) is 18.2 Å². The highest BCUT2D eigenvalue weighted by Crippen LogP contribution is 2.33. The smallest absolute Gasteiger partial charge is 0.325 e. The van der Waals surface area contributed by atoms with Crippen LogP contribution in [0.5, 0.6) is 0 Å². The van der Waals surface area contributed by atoms with Crippen LogP contribution in [0.15, 0.2) is 48.5 Å². The van der Waals surface area contributed by atoms with Gasteiger partial charge in [-0.05, 0) is 62.2 Å². The number of imidazole rings is 1. The van der Waals surface area contributed by atoms with Gasteiger partial charge in [-0.3, -0.25) is 9.69 Å². The van der Waals surface area contributed by atoms with Crippen LogP contribution in [0.1, 0.15) is 24.2 Å². The Bertz CT molecular complexity index is 1160. The maximum atomic E-state index is 13.5. The van der Waals surface area contributed by atoms with Gasteiger partial charge in [0.1, 0.15) is 0 Å². The van der Waals surface area contributed by atoms with Crippen molar-refractivity contribution in [2.24, 2.45) is 5.92 Å². The number of amides is 1. The average molecular weight is 484 g/mol. The van der Waals surface area contributed by atoms with E-state index >= 15 is 0 Å². The van der Waals surface area contributed by atoms with E-state index in [9.17, 15) is 31.1 Å². The van der Waals surface area contributed by atoms with Crippen molar-refractivity contribution < 1.29 is 31.1 Å². The van der Waals surface area contributed by atoms with E-state index in [0.29, 0.717) is 37.0 Å². The molecule has 2 heterocycles. The SMILES string of the molecule is O=C(CN1CCC(Cn2c(C(F)(F)F)nc3ccccc32)CC1)Nc1cccc(C(F)(F)F)c1. The third-order valence-corrected chi connectivity index (χ3v) is 5.90. The van der Waals surface area contributed by atoms with E-state index in [4.69, 9.17) is 0 Å². The molecule has 5 nitrogen and oxygen atoms in total. The molecule has 0 radical (unpaired) electrons. The second kappa shape index (κ2) is 9.28. The van der Waals surface area contributed by atoms with Gasteiger partial charge < -0.3 is 9.88 Å². The molecule has 1 amide bonds. The molecule has 2 aromatic carbocycles. The zero-order valence-electron chi connectivity index (χ0n) is 18.0. The number of halogens is 6. The number of fused-ring (bicyclic) bond motifs is 1. The number of para-hydroxylation sites is 2. The van der Waals surface area contributed by atoms with E-state index in [-0.39, 0.29) is 24.7 Å². The molecule has 1 saturated heterocycles. The van der Waals surface area contributed by atoms with Gasteiger partial charge in [0, 0.05) is 12.2 Å². The minimum Gasteiger partial charge on any atom is -0.325 e. The molecule has 11 heteroatoms. The first kappa shape index (κ1) is 24.1. The summed E-state index contributed by atoms with van der Waals surface area (Å²) in [6.45, 7) is 1.15. The minimum absolute atomic E-state index is 0.00915. The fourth-order valence-corrected chi connectivity index (χ4v) is 4.24. The molecule has 34 heavy (non-hydrogen) atoms. The van der Waals surface area contributed by atoms with Crippen molar-refractivity contribution in [3.8, 4) is 0 Å². The summed E-state index contributed by atoms with van der Waals surface area (Å²) in [6, 6.07) is 10.9. The van der Waals surface area contributed by atoms with E-state index in [1.54, 1.807) is 24.3 Å². The number of alkyl halides is 6. The number of carbonyl (C=O) groups is 1. The fraction of sp³-hybridized carbons (Fsp3) is 0.391. The number of hydrogen-bond donors (Lipinski definition) is 1. The fourth-order valence-electron chi connectivity index (χ4n) is 4.24. The van der Waals surface area contributed by atoms with Gasteiger partial charge in [-0.15, -0.1) is 0 Å². The Labute approximate surface area is 191 Å². The summed E-state index contributed by atoms with van der Waals surface area (Å²) < 4.78 is 80.3. The zero-order chi connectivity index (χ0) is 24.5. The van der Waals surface area contributed by atoms with Gasteiger partial charge >= 0.3 is 12.4 Å². The third-order valence-electron chi connectivity index (χ3n) is 5.90. The number of nitrogens with zero attached hydrogens (tertiary/aromatic N) is 3. The number of hydrogen-bond acceptors (Lipinski definition) is 3. The van der Waals surface area contributed by atoms with E-state index in [1.165, 1.54) is 16.7 Å². The third kappa shape index (κ3) is 5.52. The highest BCUT2D eigenvalue weighted by molar-refractivity contribution is 5.92. The van der Waals surface area contributed by atoms with E-state index in [0.717, 1.165) is 12.1 Å². The Kier molecular flexibility index (Phi) is 6.57. The van der Waals surface area contributed by atoms with E-state index in [1.807, 2.05) is 4.90 Å². The van der Waals surface area contributed by atoms with Gasteiger partial charge in [0.15, 0.2) is 0 Å². The van der Waals surface area contributed by atoms with Crippen LogP contribution in [0.4, 0.5) is 32.0 Å². The first-order chi connectivity index (χ1) is 16.0. The van der Waals surface area contributed by atoms with Crippen LogP contribution in [0.25, 0.3) is 11.0 Å². The molecule has 3 aromatic rings. The largest absolute Gasteiger partial charge is 0.449 e. The molecule has 0 spiro atoms.